The summed E-state index contributed by atoms with van der Waals surface area (Å²) in [5, 5.41) is 2.33. The summed E-state index contributed by atoms with van der Waals surface area (Å²) in [7, 11) is -1.26. The van der Waals surface area contributed by atoms with Crippen LogP contribution in [0.1, 0.15) is 173 Å². The highest BCUT2D eigenvalue weighted by atomic mass is 31.1. The van der Waals surface area contributed by atoms with Crippen molar-refractivity contribution < 1.29 is 18.7 Å². The SMILES string of the molecule is C=C(C=C1Cc2cc(C(C)(C)C)cc(c2OCCC)Cc2cc(C(C)(C)C)cc(c2OCCC)Cc2cc(C(C)(C)C)cc(c2OP(c2ccccc2)c2ccccc2)CC=C1OCCC)C(C)(C)C. The summed E-state index contributed by atoms with van der Waals surface area (Å²) in [4.78, 5) is 0. The highest BCUT2D eigenvalue weighted by molar-refractivity contribution is 7.68. The number of benzene rings is 5. The van der Waals surface area contributed by atoms with Crippen LogP contribution in [0.2, 0.25) is 0 Å². The first kappa shape index (κ1) is 54.3. The minimum absolute atomic E-state index is 0.118. The van der Waals surface area contributed by atoms with Gasteiger partial charge in [-0.3, -0.25) is 0 Å². The van der Waals surface area contributed by atoms with Crippen LogP contribution in [0.15, 0.2) is 133 Å². The van der Waals surface area contributed by atoms with E-state index in [4.69, 9.17) is 25.3 Å². The van der Waals surface area contributed by atoms with Crippen molar-refractivity contribution in [2.45, 2.75) is 165 Å². The normalized spacial score (nSPS) is 14.3. The van der Waals surface area contributed by atoms with E-state index in [1.54, 1.807) is 0 Å². The van der Waals surface area contributed by atoms with Gasteiger partial charge in [0.15, 0.2) is 8.15 Å². The minimum atomic E-state index is -1.26. The zero-order chi connectivity index (χ0) is 51.0. The van der Waals surface area contributed by atoms with Crippen molar-refractivity contribution >= 4 is 18.8 Å². The fourth-order valence-corrected chi connectivity index (χ4v) is 10.5. The minimum Gasteiger partial charge on any atom is -0.494 e. The van der Waals surface area contributed by atoms with Crippen molar-refractivity contribution in [3.63, 3.8) is 0 Å². The van der Waals surface area contributed by atoms with Crippen molar-refractivity contribution in [2.24, 2.45) is 5.41 Å². The number of rotatable bonds is 14. The first-order chi connectivity index (χ1) is 33.0. The number of hydrogen-bond donors (Lipinski definition) is 0. The molecule has 0 unspecified atom stereocenters. The van der Waals surface area contributed by atoms with Gasteiger partial charge < -0.3 is 18.7 Å². The van der Waals surface area contributed by atoms with Crippen molar-refractivity contribution in [2.75, 3.05) is 19.8 Å². The molecule has 0 atom stereocenters. The third-order valence-corrected chi connectivity index (χ3v) is 15.0. The lowest BCUT2D eigenvalue weighted by molar-refractivity contribution is 0.218. The molecule has 5 aromatic rings. The first-order valence-corrected chi connectivity index (χ1v) is 27.3. The molecule has 0 aliphatic heterocycles. The number of fused-ring (bicyclic) bond motifs is 6. The zero-order valence-corrected chi connectivity index (χ0v) is 46.6. The molecule has 0 saturated carbocycles. The van der Waals surface area contributed by atoms with Gasteiger partial charge in [0.1, 0.15) is 23.0 Å². The molecule has 0 N–H and O–H groups in total. The van der Waals surface area contributed by atoms with Crippen LogP contribution in [0.3, 0.4) is 0 Å². The van der Waals surface area contributed by atoms with Crippen LogP contribution in [0.25, 0.3) is 0 Å². The first-order valence-electron chi connectivity index (χ1n) is 26.1. The van der Waals surface area contributed by atoms with E-state index >= 15 is 0 Å². The number of ether oxygens (including phenoxy) is 3. The molecule has 0 saturated heterocycles. The van der Waals surface area contributed by atoms with E-state index in [0.717, 1.165) is 80.7 Å². The molecule has 5 aromatic carbocycles. The Labute approximate surface area is 425 Å². The summed E-state index contributed by atoms with van der Waals surface area (Å²) >= 11 is 0. The lowest BCUT2D eigenvalue weighted by atomic mass is 9.80. The molecule has 0 fully saturated rings. The molecule has 70 heavy (non-hydrogen) atoms. The molecule has 0 radical (unpaired) electrons. The van der Waals surface area contributed by atoms with E-state index in [9.17, 15) is 0 Å². The maximum Gasteiger partial charge on any atom is 0.150 e. The summed E-state index contributed by atoms with van der Waals surface area (Å²) < 4.78 is 28.8. The Hall–Kier alpha value is -5.05. The van der Waals surface area contributed by atoms with Crippen molar-refractivity contribution in [1.82, 2.24) is 0 Å². The van der Waals surface area contributed by atoms with Gasteiger partial charge >= 0.3 is 0 Å². The van der Waals surface area contributed by atoms with Crippen LogP contribution < -0.4 is 24.6 Å². The van der Waals surface area contributed by atoms with Gasteiger partial charge in [-0.05, 0) is 115 Å². The maximum absolute atomic E-state index is 7.75. The highest BCUT2D eigenvalue weighted by Gasteiger charge is 2.29. The summed E-state index contributed by atoms with van der Waals surface area (Å²) in [6.07, 6.45) is 9.78. The molecule has 6 bridgehead atoms. The van der Waals surface area contributed by atoms with E-state index in [1.807, 2.05) is 0 Å². The predicted octanol–water partition coefficient (Wildman–Crippen LogP) is 16.7. The van der Waals surface area contributed by atoms with Gasteiger partial charge in [0.05, 0.1) is 19.8 Å². The van der Waals surface area contributed by atoms with Gasteiger partial charge in [-0.2, -0.15) is 0 Å². The number of allylic oxidation sites excluding steroid dienone is 4. The van der Waals surface area contributed by atoms with Crippen LogP contribution in [0.4, 0.5) is 0 Å². The van der Waals surface area contributed by atoms with Crippen LogP contribution in [-0.2, 0) is 46.7 Å². The Morgan fingerprint density at radius 2 is 0.871 bits per heavy atom. The molecule has 5 heteroatoms. The van der Waals surface area contributed by atoms with Gasteiger partial charge in [-0.15, -0.1) is 0 Å². The van der Waals surface area contributed by atoms with Crippen molar-refractivity contribution in [3.05, 3.63) is 183 Å². The van der Waals surface area contributed by atoms with Gasteiger partial charge in [0.25, 0.3) is 0 Å². The second-order valence-electron chi connectivity index (χ2n) is 23.5. The molecule has 374 valence electrons. The zero-order valence-electron chi connectivity index (χ0n) is 45.8. The quantitative estimate of drug-likeness (QED) is 0.104. The molecule has 0 heterocycles. The van der Waals surface area contributed by atoms with Crippen molar-refractivity contribution in [1.29, 1.82) is 0 Å². The Morgan fingerprint density at radius 1 is 0.500 bits per heavy atom. The van der Waals surface area contributed by atoms with Gasteiger partial charge in [0.2, 0.25) is 0 Å². The molecular formula is C65H85O4P. The maximum atomic E-state index is 7.75. The average molecular weight is 961 g/mol. The van der Waals surface area contributed by atoms with E-state index < -0.39 is 8.15 Å². The van der Waals surface area contributed by atoms with E-state index in [-0.39, 0.29) is 21.7 Å². The fraction of sp³-hybridized carbons (Fsp3) is 0.446. The lowest BCUT2D eigenvalue weighted by Crippen LogP contribution is -2.18. The second-order valence-corrected chi connectivity index (χ2v) is 25.3. The van der Waals surface area contributed by atoms with Crippen molar-refractivity contribution in [3.8, 4) is 17.2 Å². The largest absolute Gasteiger partial charge is 0.494 e. The van der Waals surface area contributed by atoms with Crippen LogP contribution in [0.5, 0.6) is 17.2 Å². The molecular weight excluding hydrogens is 876 g/mol. The van der Waals surface area contributed by atoms with Crippen LogP contribution in [-0.4, -0.2) is 19.8 Å². The molecule has 6 rings (SSSR count). The Kier molecular flexibility index (Phi) is 17.8. The van der Waals surface area contributed by atoms with E-state index in [0.29, 0.717) is 45.5 Å². The molecule has 1 aliphatic rings. The monoisotopic (exact) mass is 961 g/mol. The Morgan fingerprint density at radius 3 is 1.26 bits per heavy atom. The fourth-order valence-electron chi connectivity index (χ4n) is 8.69. The van der Waals surface area contributed by atoms with E-state index in [2.05, 4.69) is 213 Å². The molecule has 0 amide bonds. The summed E-state index contributed by atoms with van der Waals surface area (Å²) in [6, 6.07) is 36.0. The number of hydrogen-bond acceptors (Lipinski definition) is 4. The van der Waals surface area contributed by atoms with Gasteiger partial charge in [-0.1, -0.05) is 214 Å². The molecule has 0 aromatic heterocycles. The highest BCUT2D eigenvalue weighted by Crippen LogP contribution is 2.46. The molecule has 1 aliphatic carbocycles. The predicted molar refractivity (Wildman–Crippen MR) is 301 cm³/mol. The van der Waals surface area contributed by atoms with Gasteiger partial charge in [-0.25, -0.2) is 0 Å². The van der Waals surface area contributed by atoms with E-state index in [1.165, 1.54) is 33.4 Å². The van der Waals surface area contributed by atoms with Crippen LogP contribution >= 0.6 is 8.15 Å². The Balaban J connectivity index is 1.80. The summed E-state index contributed by atoms with van der Waals surface area (Å²) in [5.74, 6) is 3.72. The molecule has 0 spiro atoms. The second kappa shape index (κ2) is 23.0. The van der Waals surface area contributed by atoms with Gasteiger partial charge in [0, 0.05) is 29.9 Å². The standard InChI is InChI=1S/C65H85O4P/c1-17-32-66-58-31-30-46-39-53(63(8,9)10)44-52(61(46)69-70(56-26-22-20-23-27-56)57-28-24-21-25-29-57)38-51-43-55(65(14,15)16)42-50(60(51)68-34-19-3)37-49-41-54(64(11,12)13)40-48(59(49)67-33-18-2)36-47(58)35-45(4)62(5,6)7/h20-29,31,35,39-44H,4,17-19,30,32-34,36-38H2,1-3,5-16H3. The lowest BCUT2D eigenvalue weighted by Gasteiger charge is -2.29. The average Bonchev–Trinajstić information content (AvgIpc) is 3.29. The summed E-state index contributed by atoms with van der Waals surface area (Å²) in [6.45, 7) is 40.7. The smallest absolute Gasteiger partial charge is 0.150 e. The van der Waals surface area contributed by atoms with Crippen LogP contribution in [0, 0.1) is 5.41 Å². The molecule has 4 nitrogen and oxygen atoms in total. The topological polar surface area (TPSA) is 36.9 Å². The third kappa shape index (κ3) is 13.9. The Bertz CT molecular complexity index is 2580. The summed E-state index contributed by atoms with van der Waals surface area (Å²) in [5.41, 5.74) is 12.4. The third-order valence-electron chi connectivity index (χ3n) is 13.1.